The Balaban J connectivity index is 2.62. The van der Waals surface area contributed by atoms with Crippen molar-refractivity contribution in [3.05, 3.63) is 23.5 Å². The third-order valence-corrected chi connectivity index (χ3v) is 2.19. The van der Waals surface area contributed by atoms with Crippen LogP contribution in [0.4, 0.5) is 0 Å². The summed E-state index contributed by atoms with van der Waals surface area (Å²) < 4.78 is 5.17. The van der Waals surface area contributed by atoms with Crippen molar-refractivity contribution in [2.75, 3.05) is 6.61 Å². The van der Waals surface area contributed by atoms with Gasteiger partial charge in [-0.15, -0.1) is 0 Å². The van der Waals surface area contributed by atoms with Gasteiger partial charge in [-0.2, -0.15) is 0 Å². The molecule has 0 atom stereocenters. The van der Waals surface area contributed by atoms with Crippen LogP contribution in [0, 0.1) is 0 Å². The van der Waals surface area contributed by atoms with Gasteiger partial charge in [0, 0.05) is 6.42 Å². The van der Waals surface area contributed by atoms with Gasteiger partial charge < -0.3 is 4.74 Å². The Morgan fingerprint density at radius 2 is 2.23 bits per heavy atom. The molecule has 0 N–H and O–H groups in total. The summed E-state index contributed by atoms with van der Waals surface area (Å²) >= 11 is 0. The second-order valence-electron chi connectivity index (χ2n) is 3.08. The summed E-state index contributed by atoms with van der Waals surface area (Å²) in [7, 11) is 0. The van der Waals surface area contributed by atoms with Crippen LogP contribution >= 0.6 is 0 Å². The number of allylic oxidation sites excluding steroid dienone is 2. The number of rotatable bonds is 4. The summed E-state index contributed by atoms with van der Waals surface area (Å²) in [5.74, 6) is 0.551. The maximum atomic E-state index is 11.5. The highest BCUT2D eigenvalue weighted by Gasteiger charge is 2.12. The van der Waals surface area contributed by atoms with Gasteiger partial charge in [-0.3, -0.25) is 4.79 Å². The molecule has 0 fully saturated rings. The van der Waals surface area contributed by atoms with Crippen LogP contribution in [0.2, 0.25) is 0 Å². The summed E-state index contributed by atoms with van der Waals surface area (Å²) in [5.41, 5.74) is 1.18. The van der Waals surface area contributed by atoms with Gasteiger partial charge in [0.05, 0.1) is 6.61 Å². The van der Waals surface area contributed by atoms with Crippen molar-refractivity contribution in [1.29, 1.82) is 0 Å². The molecule has 0 aromatic carbocycles. The number of ether oxygens (including phenoxy) is 1. The SMILES string of the molecule is CCC(=CC(=O)C1=CCCO1)CC. The molecule has 2 nitrogen and oxygen atoms in total. The van der Waals surface area contributed by atoms with Crippen LogP contribution in [0.5, 0.6) is 0 Å². The third kappa shape index (κ3) is 2.72. The number of hydrogen-bond acceptors (Lipinski definition) is 2. The van der Waals surface area contributed by atoms with Crippen molar-refractivity contribution < 1.29 is 9.53 Å². The van der Waals surface area contributed by atoms with E-state index in [0.29, 0.717) is 12.4 Å². The van der Waals surface area contributed by atoms with E-state index < -0.39 is 0 Å². The maximum absolute atomic E-state index is 11.5. The molecule has 1 heterocycles. The summed E-state index contributed by atoms with van der Waals surface area (Å²) in [6.07, 6.45) is 6.31. The van der Waals surface area contributed by atoms with Crippen LogP contribution < -0.4 is 0 Å². The first-order chi connectivity index (χ1) is 6.27. The minimum atomic E-state index is 0.0243. The molecular weight excluding hydrogens is 164 g/mol. The van der Waals surface area contributed by atoms with Crippen molar-refractivity contribution in [3.8, 4) is 0 Å². The molecule has 0 unspecified atom stereocenters. The Kier molecular flexibility index (Phi) is 3.74. The van der Waals surface area contributed by atoms with Crippen LogP contribution in [0.25, 0.3) is 0 Å². The molecule has 0 radical (unpaired) electrons. The van der Waals surface area contributed by atoms with Crippen LogP contribution in [0.15, 0.2) is 23.5 Å². The highest BCUT2D eigenvalue weighted by atomic mass is 16.5. The van der Waals surface area contributed by atoms with Crippen LogP contribution in [-0.2, 0) is 9.53 Å². The van der Waals surface area contributed by atoms with Gasteiger partial charge in [-0.05, 0) is 25.0 Å². The van der Waals surface area contributed by atoms with E-state index in [2.05, 4.69) is 13.8 Å². The van der Waals surface area contributed by atoms with Gasteiger partial charge in [0.25, 0.3) is 0 Å². The standard InChI is InChI=1S/C11H16O2/c1-3-9(4-2)8-10(12)11-6-5-7-13-11/h6,8H,3-5,7H2,1-2H3. The average molecular weight is 180 g/mol. The largest absolute Gasteiger partial charge is 0.490 e. The minimum Gasteiger partial charge on any atom is -0.490 e. The highest BCUT2D eigenvalue weighted by Crippen LogP contribution is 2.13. The fraction of sp³-hybridized carbons (Fsp3) is 0.545. The molecule has 0 saturated heterocycles. The molecule has 0 aromatic heterocycles. The lowest BCUT2D eigenvalue weighted by molar-refractivity contribution is -0.114. The minimum absolute atomic E-state index is 0.0243. The van der Waals surface area contributed by atoms with Gasteiger partial charge in [0.1, 0.15) is 0 Å². The summed E-state index contributed by atoms with van der Waals surface area (Å²) in [4.78, 5) is 11.5. The zero-order valence-corrected chi connectivity index (χ0v) is 8.30. The highest BCUT2D eigenvalue weighted by molar-refractivity contribution is 6.03. The molecule has 0 saturated carbocycles. The number of carbonyl (C=O) groups excluding carboxylic acids is 1. The normalized spacial score (nSPS) is 14.8. The van der Waals surface area contributed by atoms with E-state index in [9.17, 15) is 4.79 Å². The molecule has 0 amide bonds. The summed E-state index contributed by atoms with van der Waals surface area (Å²) in [6.45, 7) is 4.78. The molecular formula is C11H16O2. The molecule has 0 aromatic rings. The molecule has 1 aliphatic rings. The first-order valence-corrected chi connectivity index (χ1v) is 4.84. The fourth-order valence-corrected chi connectivity index (χ4v) is 1.30. The molecule has 2 heteroatoms. The monoisotopic (exact) mass is 180 g/mol. The summed E-state index contributed by atoms with van der Waals surface area (Å²) in [6, 6.07) is 0. The molecule has 0 aliphatic carbocycles. The van der Waals surface area contributed by atoms with E-state index in [4.69, 9.17) is 4.74 Å². The van der Waals surface area contributed by atoms with Gasteiger partial charge in [0.15, 0.2) is 5.76 Å². The molecule has 13 heavy (non-hydrogen) atoms. The third-order valence-electron chi connectivity index (χ3n) is 2.19. The predicted molar refractivity (Wildman–Crippen MR) is 52.3 cm³/mol. The molecule has 0 spiro atoms. The Morgan fingerprint density at radius 3 is 2.69 bits per heavy atom. The van der Waals surface area contributed by atoms with Crippen LogP contribution in [-0.4, -0.2) is 12.4 Å². The Morgan fingerprint density at radius 1 is 1.54 bits per heavy atom. The number of carbonyl (C=O) groups is 1. The van der Waals surface area contributed by atoms with E-state index in [1.807, 2.05) is 6.08 Å². The van der Waals surface area contributed by atoms with Gasteiger partial charge in [-0.1, -0.05) is 19.4 Å². The molecule has 1 aliphatic heterocycles. The molecule has 0 bridgehead atoms. The van der Waals surface area contributed by atoms with E-state index in [-0.39, 0.29) is 5.78 Å². The fourth-order valence-electron chi connectivity index (χ4n) is 1.30. The lowest BCUT2D eigenvalue weighted by Gasteiger charge is -2.01. The Bertz CT molecular complexity index is 243. The van der Waals surface area contributed by atoms with Crippen molar-refractivity contribution in [2.24, 2.45) is 0 Å². The number of hydrogen-bond donors (Lipinski definition) is 0. The first kappa shape index (κ1) is 10.0. The number of ketones is 1. The second kappa shape index (κ2) is 4.85. The quantitative estimate of drug-likeness (QED) is 0.621. The van der Waals surface area contributed by atoms with Crippen molar-refractivity contribution >= 4 is 5.78 Å². The van der Waals surface area contributed by atoms with E-state index in [0.717, 1.165) is 19.3 Å². The van der Waals surface area contributed by atoms with Gasteiger partial charge >= 0.3 is 0 Å². The van der Waals surface area contributed by atoms with Crippen molar-refractivity contribution in [1.82, 2.24) is 0 Å². The van der Waals surface area contributed by atoms with Crippen molar-refractivity contribution in [2.45, 2.75) is 33.1 Å². The Hall–Kier alpha value is -1.05. The van der Waals surface area contributed by atoms with E-state index in [1.165, 1.54) is 5.57 Å². The zero-order valence-electron chi connectivity index (χ0n) is 8.30. The average Bonchev–Trinajstić information content (AvgIpc) is 2.66. The van der Waals surface area contributed by atoms with Crippen LogP contribution in [0.3, 0.4) is 0 Å². The van der Waals surface area contributed by atoms with E-state index >= 15 is 0 Å². The lowest BCUT2D eigenvalue weighted by Crippen LogP contribution is -2.00. The molecule has 1 rings (SSSR count). The predicted octanol–water partition coefficient (Wildman–Crippen LogP) is 2.61. The first-order valence-electron chi connectivity index (χ1n) is 4.84. The molecule has 72 valence electrons. The van der Waals surface area contributed by atoms with Crippen molar-refractivity contribution in [3.63, 3.8) is 0 Å². The van der Waals surface area contributed by atoms with Gasteiger partial charge in [0.2, 0.25) is 5.78 Å². The summed E-state index contributed by atoms with van der Waals surface area (Å²) in [5, 5.41) is 0. The zero-order chi connectivity index (χ0) is 9.68. The second-order valence-corrected chi connectivity index (χ2v) is 3.08. The maximum Gasteiger partial charge on any atom is 0.219 e. The smallest absolute Gasteiger partial charge is 0.219 e. The van der Waals surface area contributed by atoms with Gasteiger partial charge in [-0.25, -0.2) is 0 Å². The van der Waals surface area contributed by atoms with E-state index in [1.54, 1.807) is 6.08 Å². The lowest BCUT2D eigenvalue weighted by atomic mass is 10.1. The van der Waals surface area contributed by atoms with Crippen LogP contribution in [0.1, 0.15) is 33.1 Å². The Labute approximate surface area is 79.3 Å². The topological polar surface area (TPSA) is 26.3 Å².